The Bertz CT molecular complexity index is 1160. The molecule has 2 aromatic carbocycles. The molecule has 136 valence electrons. The zero-order valence-corrected chi connectivity index (χ0v) is 15.5. The van der Waals surface area contributed by atoms with Gasteiger partial charge in [0.05, 0.1) is 23.0 Å². The second kappa shape index (κ2) is 7.98. The number of carbonyl (C=O) groups is 1. The minimum absolute atomic E-state index is 0.311. The average Bonchev–Trinajstić information content (AvgIpc) is 2.75. The molecule has 0 aliphatic carbocycles. The van der Waals surface area contributed by atoms with E-state index in [1.54, 1.807) is 36.8 Å². The van der Waals surface area contributed by atoms with E-state index in [0.29, 0.717) is 16.3 Å². The molecule has 0 fully saturated rings. The van der Waals surface area contributed by atoms with Crippen LogP contribution in [0.3, 0.4) is 0 Å². The summed E-state index contributed by atoms with van der Waals surface area (Å²) in [6.07, 6.45) is 4.99. The minimum Gasteiger partial charge on any atom is -0.267 e. The van der Waals surface area contributed by atoms with Crippen molar-refractivity contribution in [3.63, 3.8) is 0 Å². The van der Waals surface area contributed by atoms with Crippen molar-refractivity contribution in [1.29, 1.82) is 0 Å². The van der Waals surface area contributed by atoms with Crippen molar-refractivity contribution in [2.24, 2.45) is 5.10 Å². The van der Waals surface area contributed by atoms with E-state index < -0.39 is 0 Å². The number of benzene rings is 2. The largest absolute Gasteiger partial charge is 0.272 e. The average molecular weight is 387 g/mol. The molecule has 28 heavy (non-hydrogen) atoms. The van der Waals surface area contributed by atoms with Crippen molar-refractivity contribution in [2.45, 2.75) is 0 Å². The van der Waals surface area contributed by atoms with Crippen molar-refractivity contribution < 1.29 is 4.79 Å². The number of fused-ring (bicyclic) bond motifs is 1. The zero-order chi connectivity index (χ0) is 19.3. The van der Waals surface area contributed by atoms with E-state index in [2.05, 4.69) is 20.5 Å². The molecule has 2 aromatic heterocycles. The lowest BCUT2D eigenvalue weighted by Gasteiger charge is -2.08. The van der Waals surface area contributed by atoms with Gasteiger partial charge in [0.1, 0.15) is 0 Å². The Morgan fingerprint density at radius 1 is 1.04 bits per heavy atom. The van der Waals surface area contributed by atoms with E-state index in [0.717, 1.165) is 22.0 Å². The Hall–Kier alpha value is -3.57. The minimum atomic E-state index is -0.311. The van der Waals surface area contributed by atoms with Crippen LogP contribution >= 0.6 is 11.6 Å². The number of nitrogens with zero attached hydrogens (tertiary/aromatic N) is 3. The van der Waals surface area contributed by atoms with Gasteiger partial charge in [-0.2, -0.15) is 5.10 Å². The van der Waals surface area contributed by atoms with Gasteiger partial charge in [-0.05, 0) is 42.0 Å². The van der Waals surface area contributed by atoms with Crippen molar-refractivity contribution in [2.75, 3.05) is 0 Å². The SMILES string of the molecule is O=C(NN=Cc1ccc(Cl)cc1)c1cc(-c2cccnc2)nc2ccccc12. The summed E-state index contributed by atoms with van der Waals surface area (Å²) in [6, 6.07) is 20.2. The molecule has 0 aliphatic rings. The van der Waals surface area contributed by atoms with Gasteiger partial charge in [-0.3, -0.25) is 9.78 Å². The standard InChI is InChI=1S/C22H15ClN4O/c23-17-9-7-15(8-10-17)13-25-27-22(28)19-12-21(16-4-3-11-24-14-16)26-20-6-2-1-5-18(19)20/h1-14H,(H,27,28). The Kier molecular flexibility index (Phi) is 5.08. The molecule has 0 aliphatic heterocycles. The number of nitrogens with one attached hydrogen (secondary N) is 1. The van der Waals surface area contributed by atoms with Crippen LogP contribution in [-0.4, -0.2) is 22.1 Å². The summed E-state index contributed by atoms with van der Waals surface area (Å²) in [4.78, 5) is 21.6. The Balaban J connectivity index is 1.66. The second-order valence-electron chi connectivity index (χ2n) is 6.06. The molecule has 0 unspecified atom stereocenters. The molecule has 0 saturated carbocycles. The van der Waals surface area contributed by atoms with Gasteiger partial charge in [0, 0.05) is 28.4 Å². The highest BCUT2D eigenvalue weighted by atomic mass is 35.5. The number of rotatable bonds is 4. The fourth-order valence-electron chi connectivity index (χ4n) is 2.80. The van der Waals surface area contributed by atoms with E-state index in [1.807, 2.05) is 48.5 Å². The molecular formula is C22H15ClN4O. The zero-order valence-electron chi connectivity index (χ0n) is 14.7. The monoisotopic (exact) mass is 386 g/mol. The van der Waals surface area contributed by atoms with Gasteiger partial charge in [-0.1, -0.05) is 41.9 Å². The molecule has 4 aromatic rings. The Morgan fingerprint density at radius 3 is 2.64 bits per heavy atom. The molecule has 0 radical (unpaired) electrons. The number of hydrazone groups is 1. The van der Waals surface area contributed by atoms with E-state index >= 15 is 0 Å². The summed E-state index contributed by atoms with van der Waals surface area (Å²) >= 11 is 5.87. The molecule has 0 bridgehead atoms. The van der Waals surface area contributed by atoms with Crippen LogP contribution in [0.2, 0.25) is 5.02 Å². The van der Waals surface area contributed by atoms with Gasteiger partial charge < -0.3 is 0 Å². The third-order valence-electron chi connectivity index (χ3n) is 4.17. The predicted molar refractivity (Wildman–Crippen MR) is 111 cm³/mol. The smallest absolute Gasteiger partial charge is 0.267 e. The maximum atomic E-state index is 12.8. The van der Waals surface area contributed by atoms with Crippen LogP contribution in [0, 0.1) is 0 Å². The van der Waals surface area contributed by atoms with Gasteiger partial charge >= 0.3 is 0 Å². The van der Waals surface area contributed by atoms with Crippen LogP contribution in [0.4, 0.5) is 0 Å². The van der Waals surface area contributed by atoms with E-state index in [1.165, 1.54) is 0 Å². The lowest BCUT2D eigenvalue weighted by Crippen LogP contribution is -2.18. The third kappa shape index (κ3) is 3.89. The van der Waals surface area contributed by atoms with E-state index in [9.17, 15) is 4.79 Å². The number of pyridine rings is 2. The van der Waals surface area contributed by atoms with Crippen LogP contribution in [-0.2, 0) is 0 Å². The number of hydrogen-bond acceptors (Lipinski definition) is 4. The van der Waals surface area contributed by atoms with Crippen molar-refractivity contribution in [3.8, 4) is 11.3 Å². The summed E-state index contributed by atoms with van der Waals surface area (Å²) in [6.45, 7) is 0. The van der Waals surface area contributed by atoms with Gasteiger partial charge in [-0.15, -0.1) is 0 Å². The molecule has 2 heterocycles. The maximum absolute atomic E-state index is 12.8. The number of carbonyl (C=O) groups excluding carboxylic acids is 1. The molecular weight excluding hydrogens is 372 g/mol. The Labute approximate surface area is 166 Å². The molecule has 0 atom stereocenters. The molecule has 1 N–H and O–H groups in total. The van der Waals surface area contributed by atoms with Crippen LogP contribution in [0.1, 0.15) is 15.9 Å². The molecule has 6 heteroatoms. The summed E-state index contributed by atoms with van der Waals surface area (Å²) in [7, 11) is 0. The summed E-state index contributed by atoms with van der Waals surface area (Å²) < 4.78 is 0. The van der Waals surface area contributed by atoms with Gasteiger partial charge in [0.2, 0.25) is 0 Å². The topological polar surface area (TPSA) is 67.2 Å². The van der Waals surface area contributed by atoms with E-state index in [-0.39, 0.29) is 5.91 Å². The molecule has 4 rings (SSSR count). The first-order valence-corrected chi connectivity index (χ1v) is 8.98. The molecule has 0 saturated heterocycles. The first kappa shape index (κ1) is 17.8. The van der Waals surface area contributed by atoms with Crippen LogP contribution in [0.25, 0.3) is 22.2 Å². The van der Waals surface area contributed by atoms with Crippen LogP contribution in [0.15, 0.2) is 84.2 Å². The molecule has 1 amide bonds. The van der Waals surface area contributed by atoms with Crippen molar-refractivity contribution in [1.82, 2.24) is 15.4 Å². The van der Waals surface area contributed by atoms with Gasteiger partial charge in [-0.25, -0.2) is 10.4 Å². The number of para-hydroxylation sites is 1. The van der Waals surface area contributed by atoms with Crippen LogP contribution < -0.4 is 5.43 Å². The van der Waals surface area contributed by atoms with Crippen molar-refractivity contribution >= 4 is 34.6 Å². The maximum Gasteiger partial charge on any atom is 0.272 e. The number of amides is 1. The fourth-order valence-corrected chi connectivity index (χ4v) is 2.93. The predicted octanol–water partition coefficient (Wildman–Crippen LogP) is 4.71. The third-order valence-corrected chi connectivity index (χ3v) is 4.42. The Morgan fingerprint density at radius 2 is 1.86 bits per heavy atom. The van der Waals surface area contributed by atoms with Crippen molar-refractivity contribution in [3.05, 3.63) is 95.3 Å². The highest BCUT2D eigenvalue weighted by Crippen LogP contribution is 2.24. The van der Waals surface area contributed by atoms with E-state index in [4.69, 9.17) is 11.6 Å². The van der Waals surface area contributed by atoms with Gasteiger partial charge in [0.15, 0.2) is 0 Å². The second-order valence-corrected chi connectivity index (χ2v) is 6.50. The lowest BCUT2D eigenvalue weighted by atomic mass is 10.0. The first-order chi connectivity index (χ1) is 13.7. The number of halogens is 1. The summed E-state index contributed by atoms with van der Waals surface area (Å²) in [5, 5.41) is 5.46. The molecule has 0 spiro atoms. The lowest BCUT2D eigenvalue weighted by molar-refractivity contribution is 0.0956. The first-order valence-electron chi connectivity index (χ1n) is 8.60. The quantitative estimate of drug-likeness (QED) is 0.408. The normalized spacial score (nSPS) is 11.0. The summed E-state index contributed by atoms with van der Waals surface area (Å²) in [5.41, 5.74) is 6.17. The molecule has 5 nitrogen and oxygen atoms in total. The highest BCUT2D eigenvalue weighted by molar-refractivity contribution is 6.30. The van der Waals surface area contributed by atoms with Crippen LogP contribution in [0.5, 0.6) is 0 Å². The summed E-state index contributed by atoms with van der Waals surface area (Å²) in [5.74, 6) is -0.311. The number of aromatic nitrogens is 2. The number of hydrogen-bond donors (Lipinski definition) is 1. The fraction of sp³-hybridized carbons (Fsp3) is 0. The van der Waals surface area contributed by atoms with Gasteiger partial charge in [0.25, 0.3) is 5.91 Å². The highest BCUT2D eigenvalue weighted by Gasteiger charge is 2.13.